The number of tetrazole rings is 1. The molecule has 0 unspecified atom stereocenters. The van der Waals surface area contributed by atoms with Crippen LogP contribution in [0.1, 0.15) is 5.69 Å². The minimum atomic E-state index is 0.498. The highest BCUT2D eigenvalue weighted by molar-refractivity contribution is 7.98. The molecular formula is C6H8ClN7S2. The summed E-state index contributed by atoms with van der Waals surface area (Å²) in [6.07, 6.45) is 0. The Hall–Kier alpha value is -0.770. The number of thioether (sulfide) groups is 1. The largest absolute Gasteiger partial charge is 0.329 e. The number of rotatable bonds is 5. The third-order valence-corrected chi connectivity index (χ3v) is 3.64. The fourth-order valence-electron chi connectivity index (χ4n) is 0.978. The lowest BCUT2D eigenvalue weighted by atomic mass is 10.6. The first-order chi connectivity index (χ1) is 7.81. The summed E-state index contributed by atoms with van der Waals surface area (Å²) in [4.78, 5) is 0. The zero-order valence-corrected chi connectivity index (χ0v) is 10.5. The van der Waals surface area contributed by atoms with Crippen LogP contribution in [0, 0.1) is 0 Å². The molecule has 16 heavy (non-hydrogen) atoms. The molecule has 0 radical (unpaired) electrons. The Labute approximate surface area is 105 Å². The van der Waals surface area contributed by atoms with Crippen LogP contribution in [0.4, 0.5) is 0 Å². The lowest BCUT2D eigenvalue weighted by Crippen LogP contribution is -2.12. The Morgan fingerprint density at radius 2 is 2.31 bits per heavy atom. The second kappa shape index (κ2) is 5.53. The maximum Gasteiger partial charge on any atom is 0.209 e. The van der Waals surface area contributed by atoms with Crippen LogP contribution in [0.25, 0.3) is 0 Å². The van der Waals surface area contributed by atoms with Crippen molar-refractivity contribution in [1.29, 1.82) is 0 Å². The molecule has 0 fully saturated rings. The highest BCUT2D eigenvalue weighted by Crippen LogP contribution is 2.25. The highest BCUT2D eigenvalue weighted by Gasteiger charge is 2.10. The summed E-state index contributed by atoms with van der Waals surface area (Å²) in [5.74, 6) is 0.597. The number of halogens is 1. The van der Waals surface area contributed by atoms with Gasteiger partial charge in [-0.05, 0) is 10.4 Å². The van der Waals surface area contributed by atoms with Gasteiger partial charge >= 0.3 is 0 Å². The Bertz CT molecular complexity index is 455. The molecule has 0 amide bonds. The third-order valence-electron chi connectivity index (χ3n) is 1.69. The molecule has 2 rings (SSSR count). The average molecular weight is 278 g/mol. The minimum Gasteiger partial charge on any atom is -0.329 e. The van der Waals surface area contributed by atoms with E-state index in [-0.39, 0.29) is 0 Å². The van der Waals surface area contributed by atoms with E-state index in [0.29, 0.717) is 28.3 Å². The Kier molecular flexibility index (Phi) is 4.04. The van der Waals surface area contributed by atoms with Gasteiger partial charge in [-0.15, -0.1) is 10.2 Å². The molecular weight excluding hydrogens is 270 g/mol. The molecule has 0 saturated heterocycles. The molecule has 0 aliphatic heterocycles. The highest BCUT2D eigenvalue weighted by atomic mass is 35.5. The zero-order valence-electron chi connectivity index (χ0n) is 8.08. The van der Waals surface area contributed by atoms with Crippen molar-refractivity contribution in [3.05, 3.63) is 10.0 Å². The van der Waals surface area contributed by atoms with Crippen LogP contribution in [0.5, 0.6) is 0 Å². The van der Waals surface area contributed by atoms with Gasteiger partial charge in [0.05, 0.1) is 6.54 Å². The van der Waals surface area contributed by atoms with Crippen molar-refractivity contribution in [2.45, 2.75) is 17.5 Å². The van der Waals surface area contributed by atoms with Crippen LogP contribution < -0.4 is 5.73 Å². The minimum absolute atomic E-state index is 0.498. The van der Waals surface area contributed by atoms with Crippen molar-refractivity contribution in [3.8, 4) is 0 Å². The number of aromatic nitrogens is 6. The van der Waals surface area contributed by atoms with Gasteiger partial charge in [0.2, 0.25) is 5.16 Å². The van der Waals surface area contributed by atoms with Crippen LogP contribution >= 0.6 is 34.9 Å². The summed E-state index contributed by atoms with van der Waals surface area (Å²) < 4.78 is 6.00. The van der Waals surface area contributed by atoms with Crippen molar-refractivity contribution in [2.24, 2.45) is 5.73 Å². The second-order valence-electron chi connectivity index (χ2n) is 2.76. The van der Waals surface area contributed by atoms with Crippen molar-refractivity contribution in [3.63, 3.8) is 0 Å². The third kappa shape index (κ3) is 2.67. The van der Waals surface area contributed by atoms with Gasteiger partial charge in [0, 0.05) is 23.8 Å². The molecule has 2 heterocycles. The number of nitrogens with zero attached hydrogens (tertiary/aromatic N) is 6. The molecule has 0 aliphatic carbocycles. The molecule has 2 aromatic rings. The number of hydrogen-bond donors (Lipinski definition) is 1. The Morgan fingerprint density at radius 3 is 3.00 bits per heavy atom. The molecule has 0 saturated carbocycles. The molecule has 0 aliphatic rings. The van der Waals surface area contributed by atoms with Gasteiger partial charge in [-0.1, -0.05) is 27.9 Å². The fourth-order valence-corrected chi connectivity index (χ4v) is 2.61. The van der Waals surface area contributed by atoms with E-state index in [0.717, 1.165) is 5.69 Å². The molecule has 10 heteroatoms. The Balaban J connectivity index is 1.99. The van der Waals surface area contributed by atoms with E-state index in [9.17, 15) is 0 Å². The molecule has 0 bridgehead atoms. The van der Waals surface area contributed by atoms with Crippen molar-refractivity contribution >= 4 is 34.9 Å². The van der Waals surface area contributed by atoms with Crippen LogP contribution in [-0.2, 0) is 12.3 Å². The topological polar surface area (TPSA) is 95.4 Å². The van der Waals surface area contributed by atoms with Gasteiger partial charge < -0.3 is 5.73 Å². The molecule has 0 atom stereocenters. The van der Waals surface area contributed by atoms with E-state index in [4.69, 9.17) is 17.3 Å². The standard InChI is InChI=1S/C6H8ClN7S2/c7-5-4(9-13-16-5)3-15-6-10-11-12-14(6)2-1-8/h1-3,8H2. The van der Waals surface area contributed by atoms with E-state index >= 15 is 0 Å². The summed E-state index contributed by atoms with van der Waals surface area (Å²) in [5.41, 5.74) is 6.19. The van der Waals surface area contributed by atoms with Gasteiger partial charge in [0.15, 0.2) is 0 Å². The van der Waals surface area contributed by atoms with Gasteiger partial charge in [0.25, 0.3) is 0 Å². The first-order valence-electron chi connectivity index (χ1n) is 4.37. The first-order valence-corrected chi connectivity index (χ1v) is 6.50. The van der Waals surface area contributed by atoms with Gasteiger partial charge in [-0.3, -0.25) is 0 Å². The van der Waals surface area contributed by atoms with Gasteiger partial charge in [-0.2, -0.15) is 0 Å². The summed E-state index contributed by atoms with van der Waals surface area (Å²) >= 11 is 8.51. The Morgan fingerprint density at radius 1 is 1.44 bits per heavy atom. The van der Waals surface area contributed by atoms with Crippen LogP contribution in [0.15, 0.2) is 5.16 Å². The van der Waals surface area contributed by atoms with Crippen LogP contribution in [0.3, 0.4) is 0 Å². The predicted octanol–water partition coefficient (Wildman–Crippen LogP) is 0.429. The molecule has 86 valence electrons. The number of nitrogens with two attached hydrogens (primary N) is 1. The first kappa shape index (κ1) is 11.7. The summed E-state index contributed by atoms with van der Waals surface area (Å²) in [6.45, 7) is 1.09. The molecule has 2 aromatic heterocycles. The van der Waals surface area contributed by atoms with E-state index in [1.807, 2.05) is 0 Å². The summed E-state index contributed by atoms with van der Waals surface area (Å²) in [5, 5.41) is 15.9. The van der Waals surface area contributed by atoms with E-state index in [1.54, 1.807) is 4.68 Å². The SMILES string of the molecule is NCCn1nnnc1SCc1nnsc1Cl. The predicted molar refractivity (Wildman–Crippen MR) is 61.4 cm³/mol. The molecule has 7 nitrogen and oxygen atoms in total. The van der Waals surface area contributed by atoms with Crippen LogP contribution in [0.2, 0.25) is 4.34 Å². The average Bonchev–Trinajstić information content (AvgIpc) is 2.86. The molecule has 0 spiro atoms. The van der Waals surface area contributed by atoms with E-state index < -0.39 is 0 Å². The lowest BCUT2D eigenvalue weighted by Gasteiger charge is -2.00. The van der Waals surface area contributed by atoms with E-state index in [2.05, 4.69) is 25.1 Å². The summed E-state index contributed by atoms with van der Waals surface area (Å²) in [7, 11) is 0. The zero-order chi connectivity index (χ0) is 11.4. The number of hydrogen-bond acceptors (Lipinski definition) is 8. The quantitative estimate of drug-likeness (QED) is 0.792. The van der Waals surface area contributed by atoms with Crippen LogP contribution in [-0.4, -0.2) is 36.3 Å². The second-order valence-corrected chi connectivity index (χ2v) is 5.05. The monoisotopic (exact) mass is 277 g/mol. The smallest absolute Gasteiger partial charge is 0.209 e. The summed E-state index contributed by atoms with van der Waals surface area (Å²) in [6, 6.07) is 0. The lowest BCUT2D eigenvalue weighted by molar-refractivity contribution is 0.557. The normalized spacial score (nSPS) is 10.9. The van der Waals surface area contributed by atoms with Gasteiger partial charge in [-0.25, -0.2) is 4.68 Å². The fraction of sp³-hybridized carbons (Fsp3) is 0.500. The van der Waals surface area contributed by atoms with Gasteiger partial charge in [0.1, 0.15) is 10.0 Å². The molecule has 0 aromatic carbocycles. The van der Waals surface area contributed by atoms with Crippen molar-refractivity contribution in [1.82, 2.24) is 29.8 Å². The molecule has 2 N–H and O–H groups in total. The van der Waals surface area contributed by atoms with Crippen molar-refractivity contribution in [2.75, 3.05) is 6.54 Å². The maximum absolute atomic E-state index is 5.88. The van der Waals surface area contributed by atoms with E-state index in [1.165, 1.54) is 23.3 Å². The maximum atomic E-state index is 5.88. The van der Waals surface area contributed by atoms with Crippen molar-refractivity contribution < 1.29 is 0 Å².